The maximum atomic E-state index is 6.26. The Balaban J connectivity index is 2.25. The standard InChI is InChI=1S/C14H17NOS/c1-2-9-16-12-7-4-3-6-11(12)14(15)13-8-5-10-17-13/h3-8,10,14H,2,9,15H2,1H3. The third-order valence-corrected chi connectivity index (χ3v) is 3.52. The predicted molar refractivity (Wildman–Crippen MR) is 72.6 cm³/mol. The van der Waals surface area contributed by atoms with E-state index in [1.54, 1.807) is 11.3 Å². The van der Waals surface area contributed by atoms with Crippen LogP contribution < -0.4 is 10.5 Å². The van der Waals surface area contributed by atoms with Crippen LogP contribution >= 0.6 is 11.3 Å². The first kappa shape index (κ1) is 12.1. The quantitative estimate of drug-likeness (QED) is 0.876. The van der Waals surface area contributed by atoms with Gasteiger partial charge in [0.25, 0.3) is 0 Å². The van der Waals surface area contributed by atoms with Crippen LogP contribution in [0.4, 0.5) is 0 Å². The zero-order valence-corrected chi connectivity index (χ0v) is 10.7. The van der Waals surface area contributed by atoms with Crippen molar-refractivity contribution in [3.05, 3.63) is 52.2 Å². The minimum atomic E-state index is -0.0944. The summed E-state index contributed by atoms with van der Waals surface area (Å²) in [5, 5.41) is 2.05. The lowest BCUT2D eigenvalue weighted by Gasteiger charge is -2.15. The highest BCUT2D eigenvalue weighted by Crippen LogP contribution is 2.30. The van der Waals surface area contributed by atoms with Gasteiger partial charge in [0.2, 0.25) is 0 Å². The molecule has 0 bridgehead atoms. The molecule has 0 radical (unpaired) electrons. The summed E-state index contributed by atoms with van der Waals surface area (Å²) in [5.41, 5.74) is 7.32. The molecule has 17 heavy (non-hydrogen) atoms. The summed E-state index contributed by atoms with van der Waals surface area (Å²) >= 11 is 1.68. The van der Waals surface area contributed by atoms with Gasteiger partial charge in [-0.15, -0.1) is 11.3 Å². The molecule has 90 valence electrons. The average molecular weight is 247 g/mol. The summed E-state index contributed by atoms with van der Waals surface area (Å²) in [7, 11) is 0. The molecule has 1 heterocycles. The molecule has 0 aliphatic carbocycles. The van der Waals surface area contributed by atoms with E-state index < -0.39 is 0 Å². The molecule has 0 amide bonds. The highest BCUT2D eigenvalue weighted by Gasteiger charge is 2.14. The zero-order chi connectivity index (χ0) is 12.1. The second-order valence-corrected chi connectivity index (χ2v) is 4.86. The monoisotopic (exact) mass is 247 g/mol. The Morgan fingerprint density at radius 1 is 1.24 bits per heavy atom. The van der Waals surface area contributed by atoms with Crippen molar-refractivity contribution < 1.29 is 4.74 Å². The Morgan fingerprint density at radius 2 is 2.06 bits per heavy atom. The maximum absolute atomic E-state index is 6.26. The first-order valence-electron chi connectivity index (χ1n) is 5.83. The molecule has 1 aromatic carbocycles. The van der Waals surface area contributed by atoms with Gasteiger partial charge in [-0.25, -0.2) is 0 Å². The third kappa shape index (κ3) is 2.87. The summed E-state index contributed by atoms with van der Waals surface area (Å²) in [6.45, 7) is 2.83. The molecule has 2 rings (SSSR count). The van der Waals surface area contributed by atoms with Crippen molar-refractivity contribution in [3.63, 3.8) is 0 Å². The Morgan fingerprint density at radius 3 is 2.76 bits per heavy atom. The van der Waals surface area contributed by atoms with Crippen molar-refractivity contribution in [2.75, 3.05) is 6.61 Å². The van der Waals surface area contributed by atoms with Gasteiger partial charge in [-0.3, -0.25) is 0 Å². The van der Waals surface area contributed by atoms with E-state index in [1.165, 1.54) is 0 Å². The molecule has 2 N–H and O–H groups in total. The lowest BCUT2D eigenvalue weighted by atomic mass is 10.1. The number of rotatable bonds is 5. The van der Waals surface area contributed by atoms with Crippen LogP contribution in [0.5, 0.6) is 5.75 Å². The van der Waals surface area contributed by atoms with Crippen LogP contribution in [-0.2, 0) is 0 Å². The number of nitrogens with two attached hydrogens (primary N) is 1. The minimum Gasteiger partial charge on any atom is -0.493 e. The van der Waals surface area contributed by atoms with E-state index in [0.29, 0.717) is 0 Å². The third-order valence-electron chi connectivity index (χ3n) is 2.57. The molecule has 0 aliphatic rings. The highest BCUT2D eigenvalue weighted by molar-refractivity contribution is 7.10. The van der Waals surface area contributed by atoms with Gasteiger partial charge in [-0.05, 0) is 23.9 Å². The van der Waals surface area contributed by atoms with E-state index in [0.717, 1.165) is 29.2 Å². The van der Waals surface area contributed by atoms with Gasteiger partial charge in [-0.2, -0.15) is 0 Å². The van der Waals surface area contributed by atoms with Crippen molar-refractivity contribution in [3.8, 4) is 5.75 Å². The number of thiophene rings is 1. The molecular weight excluding hydrogens is 230 g/mol. The van der Waals surface area contributed by atoms with Crippen LogP contribution in [0.3, 0.4) is 0 Å². The SMILES string of the molecule is CCCOc1ccccc1C(N)c1cccs1. The lowest BCUT2D eigenvalue weighted by Crippen LogP contribution is -2.12. The number of hydrogen-bond acceptors (Lipinski definition) is 3. The second kappa shape index (κ2) is 5.84. The summed E-state index contributed by atoms with van der Waals surface area (Å²) in [5.74, 6) is 0.898. The van der Waals surface area contributed by atoms with E-state index in [4.69, 9.17) is 10.5 Å². The van der Waals surface area contributed by atoms with Gasteiger partial charge in [-0.1, -0.05) is 31.2 Å². The highest BCUT2D eigenvalue weighted by atomic mass is 32.1. The largest absolute Gasteiger partial charge is 0.493 e. The van der Waals surface area contributed by atoms with Crippen molar-refractivity contribution in [1.29, 1.82) is 0 Å². The lowest BCUT2D eigenvalue weighted by molar-refractivity contribution is 0.313. The summed E-state index contributed by atoms with van der Waals surface area (Å²) in [4.78, 5) is 1.16. The molecule has 0 spiro atoms. The molecule has 1 atom stereocenters. The number of hydrogen-bond donors (Lipinski definition) is 1. The molecule has 1 aromatic heterocycles. The Labute approximate surface area is 106 Å². The Kier molecular flexibility index (Phi) is 4.18. The molecule has 1 unspecified atom stereocenters. The van der Waals surface area contributed by atoms with Gasteiger partial charge in [0.1, 0.15) is 5.75 Å². The van der Waals surface area contributed by atoms with Crippen LogP contribution in [0.2, 0.25) is 0 Å². The molecule has 0 saturated carbocycles. The van der Waals surface area contributed by atoms with Crippen molar-refractivity contribution in [2.24, 2.45) is 5.73 Å². The Bertz CT molecular complexity index is 453. The van der Waals surface area contributed by atoms with E-state index in [2.05, 4.69) is 13.0 Å². The number of ether oxygens (including phenoxy) is 1. The van der Waals surface area contributed by atoms with Gasteiger partial charge in [0.15, 0.2) is 0 Å². The average Bonchev–Trinajstić information content (AvgIpc) is 2.89. The smallest absolute Gasteiger partial charge is 0.124 e. The number of benzene rings is 1. The van der Waals surface area contributed by atoms with Crippen LogP contribution in [0.15, 0.2) is 41.8 Å². The van der Waals surface area contributed by atoms with E-state index in [1.807, 2.05) is 35.7 Å². The fourth-order valence-electron chi connectivity index (χ4n) is 1.70. The van der Waals surface area contributed by atoms with E-state index in [9.17, 15) is 0 Å². The molecule has 2 nitrogen and oxygen atoms in total. The molecule has 0 fully saturated rings. The van der Waals surface area contributed by atoms with Crippen LogP contribution in [0.25, 0.3) is 0 Å². The number of para-hydroxylation sites is 1. The fourth-order valence-corrected chi connectivity index (χ4v) is 2.45. The van der Waals surface area contributed by atoms with E-state index in [-0.39, 0.29) is 6.04 Å². The molecule has 0 saturated heterocycles. The molecule has 3 heteroatoms. The predicted octanol–water partition coefficient (Wildman–Crippen LogP) is 3.59. The fraction of sp³-hybridized carbons (Fsp3) is 0.286. The zero-order valence-electron chi connectivity index (χ0n) is 9.93. The normalized spacial score (nSPS) is 12.4. The van der Waals surface area contributed by atoms with Crippen LogP contribution in [-0.4, -0.2) is 6.61 Å². The minimum absolute atomic E-state index is 0.0944. The van der Waals surface area contributed by atoms with Crippen molar-refractivity contribution >= 4 is 11.3 Å². The van der Waals surface area contributed by atoms with Crippen molar-refractivity contribution in [1.82, 2.24) is 0 Å². The molecule has 2 aromatic rings. The summed E-state index contributed by atoms with van der Waals surface area (Å²) in [6.07, 6.45) is 1.00. The first-order valence-corrected chi connectivity index (χ1v) is 6.71. The van der Waals surface area contributed by atoms with Crippen molar-refractivity contribution in [2.45, 2.75) is 19.4 Å². The topological polar surface area (TPSA) is 35.2 Å². The van der Waals surface area contributed by atoms with Gasteiger partial charge in [0, 0.05) is 10.4 Å². The molecule has 0 aliphatic heterocycles. The molecular formula is C14H17NOS. The Hall–Kier alpha value is -1.32. The summed E-state index contributed by atoms with van der Waals surface area (Å²) in [6, 6.07) is 12.0. The first-order chi connectivity index (χ1) is 8.33. The van der Waals surface area contributed by atoms with Gasteiger partial charge in [0.05, 0.1) is 12.6 Å². The summed E-state index contributed by atoms with van der Waals surface area (Å²) < 4.78 is 5.73. The maximum Gasteiger partial charge on any atom is 0.124 e. The van der Waals surface area contributed by atoms with Gasteiger partial charge < -0.3 is 10.5 Å². The van der Waals surface area contributed by atoms with Gasteiger partial charge >= 0.3 is 0 Å². The van der Waals surface area contributed by atoms with Crippen LogP contribution in [0.1, 0.15) is 29.8 Å². The van der Waals surface area contributed by atoms with E-state index >= 15 is 0 Å². The second-order valence-electron chi connectivity index (χ2n) is 3.88. The van der Waals surface area contributed by atoms with Crippen LogP contribution in [0, 0.1) is 0 Å².